The zero-order valence-electron chi connectivity index (χ0n) is 15.7. The van der Waals surface area contributed by atoms with Gasteiger partial charge in [-0.3, -0.25) is 0 Å². The first-order valence-corrected chi connectivity index (χ1v) is 12.1. The van der Waals surface area contributed by atoms with Crippen molar-refractivity contribution in [1.82, 2.24) is 0 Å². The molecule has 1 aliphatic carbocycles. The second-order valence-electron chi connectivity index (χ2n) is 8.80. The zero-order chi connectivity index (χ0) is 17.3. The number of rotatable bonds is 2. The number of hydrogen-bond donors (Lipinski definition) is 0. The Bertz CT molecular complexity index is 858. The lowest BCUT2D eigenvalue weighted by molar-refractivity contribution is 0.590. The Kier molecular flexibility index (Phi) is 3.28. The summed E-state index contributed by atoms with van der Waals surface area (Å²) in [5, 5.41) is 3.33. The zero-order valence-corrected chi connectivity index (χ0v) is 16.7. The predicted molar refractivity (Wildman–Crippen MR) is 108 cm³/mol. The quantitative estimate of drug-likeness (QED) is 0.606. The van der Waals surface area contributed by atoms with Crippen molar-refractivity contribution in [3.8, 4) is 11.1 Å². The van der Waals surface area contributed by atoms with Crippen molar-refractivity contribution in [1.29, 1.82) is 0 Å². The van der Waals surface area contributed by atoms with E-state index in [0.29, 0.717) is 0 Å². The fourth-order valence-electron chi connectivity index (χ4n) is 4.51. The van der Waals surface area contributed by atoms with E-state index >= 15 is 0 Å². The Labute approximate surface area is 147 Å². The van der Waals surface area contributed by atoms with E-state index < -0.39 is 8.07 Å². The molecule has 0 spiro atoms. The summed E-state index contributed by atoms with van der Waals surface area (Å²) >= 11 is 0. The average molecular weight is 332 g/mol. The molecule has 0 saturated heterocycles. The topological polar surface area (TPSA) is 0 Å². The van der Waals surface area contributed by atoms with Gasteiger partial charge in [-0.25, -0.2) is 0 Å². The van der Waals surface area contributed by atoms with Crippen molar-refractivity contribution in [2.75, 3.05) is 0 Å². The molecule has 0 fully saturated rings. The minimum absolute atomic E-state index is 0.211. The Hall–Kier alpha value is -1.60. The predicted octanol–water partition coefficient (Wildman–Crippen LogP) is 5.85. The largest absolute Gasteiger partial charge is 0.113 e. The molecule has 1 heteroatoms. The monoisotopic (exact) mass is 331 g/mol. The second-order valence-corrected chi connectivity index (χ2v) is 13.1. The van der Waals surface area contributed by atoms with E-state index in [1.54, 1.807) is 21.5 Å². The van der Waals surface area contributed by atoms with Crippen molar-refractivity contribution in [2.45, 2.75) is 52.6 Å². The van der Waals surface area contributed by atoms with Crippen molar-refractivity contribution in [3.63, 3.8) is 0 Å². The first kappa shape index (κ1) is 15.9. The molecule has 0 unspecified atom stereocenters. The van der Waals surface area contributed by atoms with Gasteiger partial charge in [0, 0.05) is 6.42 Å². The van der Waals surface area contributed by atoms with E-state index in [1.165, 1.54) is 22.3 Å². The first-order chi connectivity index (χ1) is 11.2. The molecule has 0 nitrogen and oxygen atoms in total. The van der Waals surface area contributed by atoms with Crippen LogP contribution in [-0.2, 0) is 5.41 Å². The van der Waals surface area contributed by atoms with Crippen molar-refractivity contribution < 1.29 is 0 Å². The maximum atomic E-state index is 2.52. The maximum Gasteiger partial charge on any atom is 0.113 e. The highest BCUT2D eigenvalue weighted by Crippen LogP contribution is 2.50. The summed E-state index contributed by atoms with van der Waals surface area (Å²) in [6, 6.07) is 14.1. The van der Waals surface area contributed by atoms with Gasteiger partial charge in [0.2, 0.25) is 0 Å². The van der Waals surface area contributed by atoms with E-state index in [2.05, 4.69) is 83.6 Å². The molecule has 0 N–H and O–H groups in total. The standard InChI is InChI=1S/C23H27Si/c1-7-15-14-17-10-13-19-20(21(17)22(15)24(19,5)6)16-8-11-18(12-9-16)23(2,3)4/h8-14H,7H2,1-6H3. The van der Waals surface area contributed by atoms with E-state index in [9.17, 15) is 0 Å². The molecule has 1 radical (unpaired) electrons. The van der Waals surface area contributed by atoms with Crippen molar-refractivity contribution in [2.24, 2.45) is 0 Å². The van der Waals surface area contributed by atoms with Crippen LogP contribution in [0.5, 0.6) is 0 Å². The summed E-state index contributed by atoms with van der Waals surface area (Å²) in [4.78, 5) is 0. The van der Waals surface area contributed by atoms with Crippen LogP contribution in [-0.4, -0.2) is 8.07 Å². The fourth-order valence-corrected chi connectivity index (χ4v) is 8.12. The minimum Gasteiger partial charge on any atom is -0.0617 e. The van der Waals surface area contributed by atoms with Gasteiger partial charge in [0.25, 0.3) is 0 Å². The average Bonchev–Trinajstić information content (AvgIpc) is 2.98. The van der Waals surface area contributed by atoms with Gasteiger partial charge in [0.05, 0.1) is 0 Å². The van der Waals surface area contributed by atoms with Gasteiger partial charge in [0.15, 0.2) is 0 Å². The van der Waals surface area contributed by atoms with Gasteiger partial charge >= 0.3 is 0 Å². The van der Waals surface area contributed by atoms with Crippen LogP contribution in [0.2, 0.25) is 13.1 Å². The smallest absolute Gasteiger partial charge is 0.0617 e. The molecule has 123 valence electrons. The molecule has 0 amide bonds. The highest BCUT2D eigenvalue weighted by Gasteiger charge is 2.45. The lowest BCUT2D eigenvalue weighted by Gasteiger charge is -2.22. The fraction of sp³-hybridized carbons (Fsp3) is 0.348. The number of hydrogen-bond acceptors (Lipinski definition) is 0. The van der Waals surface area contributed by atoms with Crippen molar-refractivity contribution >= 4 is 18.5 Å². The summed E-state index contributed by atoms with van der Waals surface area (Å²) in [5.41, 5.74) is 9.13. The van der Waals surface area contributed by atoms with E-state index in [-0.39, 0.29) is 5.41 Å². The van der Waals surface area contributed by atoms with Gasteiger partial charge in [-0.15, -0.1) is 0 Å². The Balaban J connectivity index is 1.93. The van der Waals surface area contributed by atoms with E-state index in [4.69, 9.17) is 0 Å². The minimum atomic E-state index is -1.55. The van der Waals surface area contributed by atoms with Gasteiger partial charge in [-0.2, -0.15) is 0 Å². The molecule has 0 atom stereocenters. The molecule has 0 saturated carbocycles. The third-order valence-corrected chi connectivity index (χ3v) is 9.44. The van der Waals surface area contributed by atoms with Crippen LogP contribution >= 0.6 is 0 Å². The van der Waals surface area contributed by atoms with Gasteiger partial charge in [-0.1, -0.05) is 82.8 Å². The molecule has 1 aliphatic heterocycles. The van der Waals surface area contributed by atoms with Crippen LogP contribution in [0.4, 0.5) is 0 Å². The summed E-state index contributed by atoms with van der Waals surface area (Å²) in [6.45, 7) is 14.2. The van der Waals surface area contributed by atoms with Gasteiger partial charge < -0.3 is 0 Å². The van der Waals surface area contributed by atoms with Crippen molar-refractivity contribution in [3.05, 3.63) is 65.1 Å². The highest BCUT2D eigenvalue weighted by molar-refractivity contribution is 7.07. The Morgan fingerprint density at radius 1 is 0.875 bits per heavy atom. The molecule has 2 aromatic carbocycles. The Morgan fingerprint density at radius 3 is 2.12 bits per heavy atom. The number of fused-ring (bicyclic) bond motifs is 1. The van der Waals surface area contributed by atoms with Crippen LogP contribution in [0, 0.1) is 6.42 Å². The normalized spacial score (nSPS) is 17.8. The molecule has 4 rings (SSSR count). The lowest BCUT2D eigenvalue weighted by atomic mass is 9.86. The van der Waals surface area contributed by atoms with Crippen LogP contribution in [0.15, 0.2) is 42.0 Å². The molecule has 2 bridgehead atoms. The first-order valence-electron chi connectivity index (χ1n) is 9.12. The van der Waals surface area contributed by atoms with Gasteiger partial charge in [0.1, 0.15) is 8.07 Å². The number of benzene rings is 2. The summed E-state index contributed by atoms with van der Waals surface area (Å²) in [5.74, 6) is 0. The maximum absolute atomic E-state index is 2.52. The molecular weight excluding hydrogens is 304 g/mol. The molecule has 2 aliphatic rings. The molecule has 24 heavy (non-hydrogen) atoms. The molecule has 0 aromatic heterocycles. The van der Waals surface area contributed by atoms with Crippen LogP contribution < -0.4 is 5.19 Å². The second kappa shape index (κ2) is 4.95. The highest BCUT2D eigenvalue weighted by atomic mass is 28.3. The lowest BCUT2D eigenvalue weighted by Crippen LogP contribution is -2.39. The van der Waals surface area contributed by atoms with Crippen LogP contribution in [0.3, 0.4) is 0 Å². The number of allylic oxidation sites excluding steroid dienone is 1. The van der Waals surface area contributed by atoms with Gasteiger partial charge in [-0.05, 0) is 50.0 Å². The van der Waals surface area contributed by atoms with E-state index in [1.807, 2.05) is 0 Å². The third-order valence-electron chi connectivity index (χ3n) is 5.86. The summed E-state index contributed by atoms with van der Waals surface area (Å²) < 4.78 is 0. The molecule has 1 heterocycles. The van der Waals surface area contributed by atoms with Crippen LogP contribution in [0.25, 0.3) is 16.3 Å². The summed E-state index contributed by atoms with van der Waals surface area (Å²) in [6.07, 6.45) is 3.59. The molecular formula is C23H27Si. The van der Waals surface area contributed by atoms with E-state index in [0.717, 1.165) is 6.42 Å². The SMILES string of the molecule is CCC1=C2c3c(ccc(c3-c3ccc(C(C)(C)C)cc3)[Si]2(C)C)[CH]1. The van der Waals surface area contributed by atoms with Crippen LogP contribution in [0.1, 0.15) is 50.8 Å². The molecule has 2 aromatic rings. The third kappa shape index (κ3) is 2.04. The summed E-state index contributed by atoms with van der Waals surface area (Å²) in [7, 11) is -1.55. The Morgan fingerprint density at radius 2 is 1.54 bits per heavy atom.